The normalized spacial score (nSPS) is 18.0. The maximum absolute atomic E-state index is 13.2. The van der Waals surface area contributed by atoms with Crippen LogP contribution in [0, 0.1) is 12.8 Å². The number of ether oxygens (including phenoxy) is 1. The first-order valence-electron chi connectivity index (χ1n) is 12.5. The van der Waals surface area contributed by atoms with Crippen LogP contribution in [0.2, 0.25) is 0 Å². The van der Waals surface area contributed by atoms with E-state index in [2.05, 4.69) is 42.6 Å². The summed E-state index contributed by atoms with van der Waals surface area (Å²) >= 11 is 0. The summed E-state index contributed by atoms with van der Waals surface area (Å²) in [6.07, 6.45) is 4.29. The summed E-state index contributed by atoms with van der Waals surface area (Å²) in [5, 5.41) is 2.89. The van der Waals surface area contributed by atoms with Gasteiger partial charge in [0.05, 0.1) is 18.8 Å². The van der Waals surface area contributed by atoms with Gasteiger partial charge < -0.3 is 19.4 Å². The molecule has 1 aliphatic carbocycles. The third-order valence-electron chi connectivity index (χ3n) is 6.91. The van der Waals surface area contributed by atoms with Crippen LogP contribution < -0.4 is 10.1 Å². The lowest BCUT2D eigenvalue weighted by atomic mass is 9.87. The molecular formula is C29H32N2O4. The SMILES string of the molecule is CCC(Oc1ccc2c(c1)C(c1ccc(C)cc1)N(C(=O)C1CC1)CC2)C(=O)NCc1ccco1. The van der Waals surface area contributed by atoms with Gasteiger partial charge in [0, 0.05) is 12.5 Å². The molecule has 1 saturated carbocycles. The molecule has 0 radical (unpaired) electrons. The van der Waals surface area contributed by atoms with Crippen LogP contribution in [0.1, 0.15) is 60.2 Å². The number of hydrogen-bond acceptors (Lipinski definition) is 4. The van der Waals surface area contributed by atoms with Crippen LogP contribution in [-0.4, -0.2) is 29.4 Å². The lowest BCUT2D eigenvalue weighted by Crippen LogP contribution is -2.41. The van der Waals surface area contributed by atoms with Gasteiger partial charge in [-0.1, -0.05) is 42.8 Å². The molecule has 2 aliphatic rings. The molecule has 1 fully saturated rings. The van der Waals surface area contributed by atoms with Crippen LogP contribution in [0.4, 0.5) is 0 Å². The summed E-state index contributed by atoms with van der Waals surface area (Å²) in [6.45, 7) is 5.04. The van der Waals surface area contributed by atoms with E-state index < -0.39 is 6.10 Å². The Morgan fingerprint density at radius 2 is 1.94 bits per heavy atom. The Morgan fingerprint density at radius 3 is 2.63 bits per heavy atom. The molecule has 2 heterocycles. The number of benzene rings is 2. The molecule has 6 heteroatoms. The van der Waals surface area contributed by atoms with Crippen molar-refractivity contribution in [3.63, 3.8) is 0 Å². The number of aryl methyl sites for hydroxylation is 1. The number of amides is 2. The molecule has 35 heavy (non-hydrogen) atoms. The predicted octanol–water partition coefficient (Wildman–Crippen LogP) is 4.95. The number of hydrogen-bond donors (Lipinski definition) is 1. The summed E-state index contributed by atoms with van der Waals surface area (Å²) in [4.78, 5) is 28.0. The van der Waals surface area contributed by atoms with E-state index in [-0.39, 0.29) is 23.8 Å². The van der Waals surface area contributed by atoms with E-state index in [0.717, 1.165) is 30.4 Å². The number of nitrogens with zero attached hydrogens (tertiary/aromatic N) is 1. The van der Waals surface area contributed by atoms with Gasteiger partial charge in [0.1, 0.15) is 11.5 Å². The van der Waals surface area contributed by atoms with Crippen molar-refractivity contribution >= 4 is 11.8 Å². The fourth-order valence-electron chi connectivity index (χ4n) is 4.76. The van der Waals surface area contributed by atoms with Crippen molar-refractivity contribution in [2.45, 2.75) is 58.2 Å². The van der Waals surface area contributed by atoms with Crippen LogP contribution in [0.3, 0.4) is 0 Å². The van der Waals surface area contributed by atoms with Gasteiger partial charge in [-0.2, -0.15) is 0 Å². The molecular weight excluding hydrogens is 440 g/mol. The van der Waals surface area contributed by atoms with Crippen LogP contribution >= 0.6 is 0 Å². The van der Waals surface area contributed by atoms with Crippen molar-refractivity contribution in [1.29, 1.82) is 0 Å². The summed E-state index contributed by atoms with van der Waals surface area (Å²) in [7, 11) is 0. The second-order valence-corrected chi connectivity index (χ2v) is 9.54. The van der Waals surface area contributed by atoms with E-state index in [0.29, 0.717) is 31.0 Å². The Labute approximate surface area is 206 Å². The van der Waals surface area contributed by atoms with Gasteiger partial charge >= 0.3 is 0 Å². The molecule has 2 amide bonds. The quantitative estimate of drug-likeness (QED) is 0.504. The monoisotopic (exact) mass is 472 g/mol. The Balaban J connectivity index is 1.40. The van der Waals surface area contributed by atoms with E-state index >= 15 is 0 Å². The van der Waals surface area contributed by atoms with E-state index in [1.54, 1.807) is 12.3 Å². The number of carbonyl (C=O) groups is 2. The summed E-state index contributed by atoms with van der Waals surface area (Å²) in [5.41, 5.74) is 4.59. The number of fused-ring (bicyclic) bond motifs is 1. The van der Waals surface area contributed by atoms with Gasteiger partial charge in [-0.05, 0) is 73.6 Å². The number of nitrogens with one attached hydrogen (secondary N) is 1. The number of carbonyl (C=O) groups excluding carboxylic acids is 2. The van der Waals surface area contributed by atoms with Crippen molar-refractivity contribution in [2.24, 2.45) is 5.92 Å². The van der Waals surface area contributed by atoms with Crippen molar-refractivity contribution in [3.8, 4) is 5.75 Å². The third kappa shape index (κ3) is 5.11. The van der Waals surface area contributed by atoms with Gasteiger partial charge in [0.2, 0.25) is 5.91 Å². The van der Waals surface area contributed by atoms with Crippen LogP contribution in [0.25, 0.3) is 0 Å². The maximum Gasteiger partial charge on any atom is 0.261 e. The second-order valence-electron chi connectivity index (χ2n) is 9.54. The summed E-state index contributed by atoms with van der Waals surface area (Å²) in [6, 6.07) is 17.9. The minimum absolute atomic E-state index is 0.149. The van der Waals surface area contributed by atoms with Crippen molar-refractivity contribution in [1.82, 2.24) is 10.2 Å². The van der Waals surface area contributed by atoms with E-state index in [9.17, 15) is 9.59 Å². The minimum Gasteiger partial charge on any atom is -0.481 e. The summed E-state index contributed by atoms with van der Waals surface area (Å²) < 4.78 is 11.5. The molecule has 6 nitrogen and oxygen atoms in total. The maximum atomic E-state index is 13.2. The highest BCUT2D eigenvalue weighted by Gasteiger charge is 2.39. The molecule has 1 aliphatic heterocycles. The zero-order valence-electron chi connectivity index (χ0n) is 20.3. The highest BCUT2D eigenvalue weighted by atomic mass is 16.5. The highest BCUT2D eigenvalue weighted by Crippen LogP contribution is 2.41. The molecule has 2 unspecified atom stereocenters. The van der Waals surface area contributed by atoms with Crippen LogP contribution in [0.5, 0.6) is 5.75 Å². The first kappa shape index (κ1) is 23.2. The van der Waals surface area contributed by atoms with Gasteiger partial charge in [0.15, 0.2) is 6.10 Å². The van der Waals surface area contributed by atoms with Gasteiger partial charge in [-0.3, -0.25) is 9.59 Å². The average molecular weight is 473 g/mol. The van der Waals surface area contributed by atoms with Crippen LogP contribution in [0.15, 0.2) is 65.3 Å². The first-order valence-corrected chi connectivity index (χ1v) is 12.5. The number of furan rings is 1. The fraction of sp³-hybridized carbons (Fsp3) is 0.379. The van der Waals surface area contributed by atoms with E-state index in [4.69, 9.17) is 9.15 Å². The minimum atomic E-state index is -0.617. The zero-order chi connectivity index (χ0) is 24.4. The molecule has 182 valence electrons. The molecule has 2 aromatic carbocycles. The summed E-state index contributed by atoms with van der Waals surface area (Å²) in [5.74, 6) is 1.56. The molecule has 0 spiro atoms. The van der Waals surface area contributed by atoms with Crippen molar-refractivity contribution < 1.29 is 18.7 Å². The fourth-order valence-corrected chi connectivity index (χ4v) is 4.76. The smallest absolute Gasteiger partial charge is 0.261 e. The van der Waals surface area contributed by atoms with Gasteiger partial charge in [0.25, 0.3) is 5.91 Å². The molecule has 0 bridgehead atoms. The topological polar surface area (TPSA) is 71.8 Å². The van der Waals surface area contributed by atoms with Crippen LogP contribution in [-0.2, 0) is 22.6 Å². The van der Waals surface area contributed by atoms with Gasteiger partial charge in [-0.25, -0.2) is 0 Å². The zero-order valence-corrected chi connectivity index (χ0v) is 20.3. The van der Waals surface area contributed by atoms with E-state index in [1.807, 2.05) is 30.0 Å². The Bertz CT molecular complexity index is 1180. The van der Waals surface area contributed by atoms with Crippen molar-refractivity contribution in [2.75, 3.05) is 6.54 Å². The molecule has 3 aromatic rings. The molecule has 2 atom stereocenters. The lowest BCUT2D eigenvalue weighted by Gasteiger charge is -2.38. The molecule has 1 aromatic heterocycles. The predicted molar refractivity (Wildman–Crippen MR) is 133 cm³/mol. The second kappa shape index (κ2) is 9.98. The molecule has 5 rings (SSSR count). The Hall–Kier alpha value is -3.54. The Kier molecular flexibility index (Phi) is 6.62. The number of rotatable bonds is 8. The van der Waals surface area contributed by atoms with Crippen molar-refractivity contribution in [3.05, 3.63) is 88.9 Å². The van der Waals surface area contributed by atoms with E-state index in [1.165, 1.54) is 11.1 Å². The Morgan fingerprint density at radius 1 is 1.14 bits per heavy atom. The molecule has 1 N–H and O–H groups in total. The van der Waals surface area contributed by atoms with Gasteiger partial charge in [-0.15, -0.1) is 0 Å². The lowest BCUT2D eigenvalue weighted by molar-refractivity contribution is -0.134. The first-order chi connectivity index (χ1) is 17.0. The average Bonchev–Trinajstić information content (AvgIpc) is 3.60. The third-order valence-corrected chi connectivity index (χ3v) is 6.91. The largest absolute Gasteiger partial charge is 0.481 e. The standard InChI is InChI=1S/C29H32N2O4/c1-3-26(28(32)30-18-24-5-4-16-34-24)35-23-13-12-20-14-15-31(29(33)22-10-11-22)27(25(20)17-23)21-8-6-19(2)7-9-21/h4-9,12-13,16-17,22,26-27H,3,10-11,14-15,18H2,1-2H3,(H,30,32). The highest BCUT2D eigenvalue weighted by molar-refractivity contribution is 5.82. The molecule has 0 saturated heterocycles.